The van der Waals surface area contributed by atoms with Crippen LogP contribution in [-0.2, 0) is 0 Å². The van der Waals surface area contributed by atoms with Crippen LogP contribution in [0.25, 0.3) is 0 Å². The smallest absolute Gasteiger partial charge is 0.319 e. The van der Waals surface area contributed by atoms with Crippen LogP contribution in [0.3, 0.4) is 0 Å². The molecule has 0 radical (unpaired) electrons. The highest BCUT2D eigenvalue weighted by Gasteiger charge is 2.10. The number of urea groups is 1. The monoisotopic (exact) mass is 266 g/mol. The summed E-state index contributed by atoms with van der Waals surface area (Å²) in [5.74, 6) is 0.192. The van der Waals surface area contributed by atoms with E-state index in [-0.39, 0.29) is 17.8 Å². The van der Waals surface area contributed by atoms with E-state index in [9.17, 15) is 9.18 Å². The molecule has 1 aromatic rings. The number of carbonyl (C=O) groups excluding carboxylic acids is 1. The lowest BCUT2D eigenvalue weighted by Gasteiger charge is -2.16. The molecule has 1 unspecified atom stereocenters. The fourth-order valence-electron chi connectivity index (χ4n) is 1.77. The van der Waals surface area contributed by atoms with Crippen LogP contribution in [0.15, 0.2) is 18.2 Å². The third-order valence-electron chi connectivity index (χ3n) is 2.92. The summed E-state index contributed by atoms with van der Waals surface area (Å²) >= 11 is 0. The van der Waals surface area contributed by atoms with Crippen molar-refractivity contribution < 1.29 is 9.18 Å². The Morgan fingerprint density at radius 3 is 2.58 bits per heavy atom. The number of aryl methyl sites for hydroxylation is 1. The minimum atomic E-state index is -0.421. The van der Waals surface area contributed by atoms with Gasteiger partial charge < -0.3 is 10.6 Å². The largest absolute Gasteiger partial charge is 0.335 e. The standard InChI is InChI=1S/C15H23FN2O/c1-10(2)5-7-12(4)17-15(19)18-14-9-11(3)6-8-13(14)16/h6,8-10,12H,5,7H2,1-4H3,(H2,17,18,19). The topological polar surface area (TPSA) is 41.1 Å². The van der Waals surface area contributed by atoms with E-state index in [2.05, 4.69) is 24.5 Å². The van der Waals surface area contributed by atoms with E-state index in [0.717, 1.165) is 18.4 Å². The van der Waals surface area contributed by atoms with Gasteiger partial charge in [-0.1, -0.05) is 19.9 Å². The number of hydrogen-bond donors (Lipinski definition) is 2. The van der Waals surface area contributed by atoms with E-state index in [1.807, 2.05) is 13.8 Å². The molecule has 0 saturated carbocycles. The van der Waals surface area contributed by atoms with E-state index in [1.165, 1.54) is 6.07 Å². The second kappa shape index (κ2) is 7.12. The molecule has 0 saturated heterocycles. The average molecular weight is 266 g/mol. The highest BCUT2D eigenvalue weighted by Crippen LogP contribution is 2.15. The average Bonchev–Trinajstić information content (AvgIpc) is 2.31. The zero-order chi connectivity index (χ0) is 14.4. The highest BCUT2D eigenvalue weighted by molar-refractivity contribution is 5.89. The van der Waals surface area contributed by atoms with Crippen molar-refractivity contribution in [2.45, 2.75) is 46.6 Å². The summed E-state index contributed by atoms with van der Waals surface area (Å²) in [6.07, 6.45) is 1.97. The molecule has 4 heteroatoms. The van der Waals surface area contributed by atoms with Crippen LogP contribution in [-0.4, -0.2) is 12.1 Å². The third-order valence-corrected chi connectivity index (χ3v) is 2.92. The van der Waals surface area contributed by atoms with Crippen LogP contribution >= 0.6 is 0 Å². The van der Waals surface area contributed by atoms with E-state index in [4.69, 9.17) is 0 Å². The molecule has 0 aromatic heterocycles. The van der Waals surface area contributed by atoms with Gasteiger partial charge in [0.2, 0.25) is 0 Å². The zero-order valence-corrected chi connectivity index (χ0v) is 12.1. The van der Waals surface area contributed by atoms with Gasteiger partial charge in [-0.05, 0) is 50.3 Å². The van der Waals surface area contributed by atoms with Gasteiger partial charge in [0.1, 0.15) is 5.82 Å². The summed E-state index contributed by atoms with van der Waals surface area (Å²) in [7, 11) is 0. The number of anilines is 1. The van der Waals surface area contributed by atoms with E-state index in [0.29, 0.717) is 5.92 Å². The first-order valence-corrected chi connectivity index (χ1v) is 6.72. The molecule has 0 aliphatic heterocycles. The number of carbonyl (C=O) groups is 1. The van der Waals surface area contributed by atoms with Crippen molar-refractivity contribution in [3.63, 3.8) is 0 Å². The second-order valence-corrected chi connectivity index (χ2v) is 5.45. The molecule has 0 bridgehead atoms. The van der Waals surface area contributed by atoms with Gasteiger partial charge in [-0.25, -0.2) is 9.18 Å². The third kappa shape index (κ3) is 5.73. The van der Waals surface area contributed by atoms with Crippen molar-refractivity contribution in [2.75, 3.05) is 5.32 Å². The molecule has 2 amide bonds. The maximum Gasteiger partial charge on any atom is 0.319 e. The Kier molecular flexibility index (Phi) is 5.80. The van der Waals surface area contributed by atoms with Crippen molar-refractivity contribution in [3.8, 4) is 0 Å². The molecule has 0 aliphatic rings. The Morgan fingerprint density at radius 1 is 1.26 bits per heavy atom. The van der Waals surface area contributed by atoms with Crippen molar-refractivity contribution in [2.24, 2.45) is 5.92 Å². The SMILES string of the molecule is Cc1ccc(F)c(NC(=O)NC(C)CCC(C)C)c1. The number of amides is 2. The molecule has 0 spiro atoms. The summed E-state index contributed by atoms with van der Waals surface area (Å²) in [6, 6.07) is 4.36. The van der Waals surface area contributed by atoms with Gasteiger partial charge in [0.25, 0.3) is 0 Å². The molecule has 0 aliphatic carbocycles. The highest BCUT2D eigenvalue weighted by atomic mass is 19.1. The van der Waals surface area contributed by atoms with Crippen LogP contribution in [0.4, 0.5) is 14.9 Å². The lowest BCUT2D eigenvalue weighted by Crippen LogP contribution is -2.36. The maximum atomic E-state index is 13.5. The molecular weight excluding hydrogens is 243 g/mol. The summed E-state index contributed by atoms with van der Waals surface area (Å²) in [5, 5.41) is 5.36. The lowest BCUT2D eigenvalue weighted by molar-refractivity contribution is 0.248. The Hall–Kier alpha value is -1.58. The van der Waals surface area contributed by atoms with Crippen LogP contribution in [0.1, 0.15) is 39.2 Å². The normalized spacial score (nSPS) is 12.3. The predicted molar refractivity (Wildman–Crippen MR) is 76.8 cm³/mol. The molecular formula is C15H23FN2O. The fraction of sp³-hybridized carbons (Fsp3) is 0.533. The van der Waals surface area contributed by atoms with Crippen LogP contribution < -0.4 is 10.6 Å². The number of halogens is 1. The van der Waals surface area contributed by atoms with E-state index in [1.54, 1.807) is 12.1 Å². The molecule has 19 heavy (non-hydrogen) atoms. The minimum Gasteiger partial charge on any atom is -0.335 e. The zero-order valence-electron chi connectivity index (χ0n) is 12.1. The Morgan fingerprint density at radius 2 is 1.95 bits per heavy atom. The first-order valence-electron chi connectivity index (χ1n) is 6.72. The van der Waals surface area contributed by atoms with Gasteiger partial charge in [0.15, 0.2) is 0 Å². The van der Waals surface area contributed by atoms with E-state index < -0.39 is 5.82 Å². The van der Waals surface area contributed by atoms with Gasteiger partial charge in [-0.2, -0.15) is 0 Å². The van der Waals surface area contributed by atoms with Crippen molar-refractivity contribution >= 4 is 11.7 Å². The fourth-order valence-corrected chi connectivity index (χ4v) is 1.77. The molecule has 106 valence electrons. The van der Waals surface area contributed by atoms with Crippen LogP contribution in [0, 0.1) is 18.7 Å². The second-order valence-electron chi connectivity index (χ2n) is 5.45. The maximum absolute atomic E-state index is 13.5. The molecule has 1 aromatic carbocycles. The van der Waals surface area contributed by atoms with Crippen LogP contribution in [0.2, 0.25) is 0 Å². The Labute approximate surface area is 114 Å². The summed E-state index contributed by atoms with van der Waals surface area (Å²) < 4.78 is 13.5. The Bertz CT molecular complexity index is 432. The summed E-state index contributed by atoms with van der Waals surface area (Å²) in [6.45, 7) is 8.10. The molecule has 3 nitrogen and oxygen atoms in total. The number of hydrogen-bond acceptors (Lipinski definition) is 1. The molecule has 1 rings (SSSR count). The summed E-state index contributed by atoms with van der Waals surface area (Å²) in [4.78, 5) is 11.7. The number of rotatable bonds is 5. The van der Waals surface area contributed by atoms with Gasteiger partial charge in [-0.15, -0.1) is 0 Å². The minimum absolute atomic E-state index is 0.0790. The molecule has 2 N–H and O–H groups in total. The van der Waals surface area contributed by atoms with Gasteiger partial charge in [0.05, 0.1) is 5.69 Å². The van der Waals surface area contributed by atoms with Gasteiger partial charge in [0, 0.05) is 6.04 Å². The first kappa shape index (κ1) is 15.5. The van der Waals surface area contributed by atoms with Gasteiger partial charge in [-0.3, -0.25) is 0 Å². The van der Waals surface area contributed by atoms with Gasteiger partial charge >= 0.3 is 6.03 Å². The van der Waals surface area contributed by atoms with E-state index >= 15 is 0 Å². The quantitative estimate of drug-likeness (QED) is 0.828. The molecule has 1 atom stereocenters. The predicted octanol–water partition coefficient (Wildman–Crippen LogP) is 4.08. The van der Waals surface area contributed by atoms with Crippen molar-refractivity contribution in [3.05, 3.63) is 29.6 Å². The Balaban J connectivity index is 2.48. The van der Waals surface area contributed by atoms with Crippen molar-refractivity contribution in [1.82, 2.24) is 5.32 Å². The molecule has 0 heterocycles. The summed E-state index contributed by atoms with van der Waals surface area (Å²) in [5.41, 5.74) is 1.12. The number of benzene rings is 1. The van der Waals surface area contributed by atoms with Crippen LogP contribution in [0.5, 0.6) is 0 Å². The molecule has 0 fully saturated rings. The van der Waals surface area contributed by atoms with Crippen molar-refractivity contribution in [1.29, 1.82) is 0 Å². The number of nitrogens with one attached hydrogen (secondary N) is 2. The first-order chi connectivity index (χ1) is 8.88. The lowest BCUT2D eigenvalue weighted by atomic mass is 10.0.